The molecule has 5 aromatic rings. The first-order valence-corrected chi connectivity index (χ1v) is 13.6. The van der Waals surface area contributed by atoms with Gasteiger partial charge in [-0.15, -0.1) is 0 Å². The minimum absolute atomic E-state index is 0.0656. The number of rotatable bonds is 10. The third-order valence-electron chi connectivity index (χ3n) is 6.72. The van der Waals surface area contributed by atoms with Gasteiger partial charge in [0.25, 0.3) is 5.91 Å². The van der Waals surface area contributed by atoms with E-state index in [0.717, 1.165) is 5.56 Å². The number of hydrogen-bond acceptors (Lipinski definition) is 7. The number of benzene rings is 3. The van der Waals surface area contributed by atoms with Crippen LogP contribution in [0.25, 0.3) is 10.9 Å². The lowest BCUT2D eigenvalue weighted by molar-refractivity contribution is 0.0526. The van der Waals surface area contributed by atoms with Crippen LogP contribution in [0.4, 0.5) is 11.4 Å². The zero-order chi connectivity index (χ0) is 29.6. The Morgan fingerprint density at radius 1 is 0.929 bits per heavy atom. The molecule has 5 rings (SSSR count). The van der Waals surface area contributed by atoms with Gasteiger partial charge in [0.05, 0.1) is 35.4 Å². The van der Waals surface area contributed by atoms with Crippen LogP contribution in [-0.2, 0) is 4.74 Å². The lowest BCUT2D eigenvalue weighted by Crippen LogP contribution is -2.36. The number of H-pyrrole nitrogens is 1. The summed E-state index contributed by atoms with van der Waals surface area (Å²) in [6, 6.07) is 25.4. The molecule has 0 radical (unpaired) electrons. The van der Waals surface area contributed by atoms with Crippen LogP contribution in [0, 0.1) is 0 Å². The Kier molecular flexibility index (Phi) is 8.50. The van der Waals surface area contributed by atoms with Gasteiger partial charge in [0.1, 0.15) is 0 Å². The van der Waals surface area contributed by atoms with Gasteiger partial charge in [0.15, 0.2) is 11.6 Å². The molecule has 1 amide bonds. The van der Waals surface area contributed by atoms with Gasteiger partial charge in [-0.2, -0.15) is 0 Å². The highest BCUT2D eigenvalue weighted by Crippen LogP contribution is 2.33. The van der Waals surface area contributed by atoms with Crippen molar-refractivity contribution < 1.29 is 23.8 Å². The SMILES string of the molecule is CCOC(=O)c1ccc2c(C(=Nc3ccc(N(CCN(C)C)C(=O)c4ccco4)cc3)c3ccccc3)c(O)[nH]c2c1. The number of furan rings is 1. The number of aromatic hydroxyl groups is 1. The van der Waals surface area contributed by atoms with Crippen molar-refractivity contribution >= 4 is 39.9 Å². The van der Waals surface area contributed by atoms with Crippen LogP contribution < -0.4 is 4.90 Å². The van der Waals surface area contributed by atoms with E-state index in [1.165, 1.54) is 6.26 Å². The third kappa shape index (κ3) is 6.11. The molecular formula is C33H32N4O5. The summed E-state index contributed by atoms with van der Waals surface area (Å²) in [5, 5.41) is 11.7. The number of fused-ring (bicyclic) bond motifs is 1. The Morgan fingerprint density at radius 3 is 2.36 bits per heavy atom. The molecule has 0 spiro atoms. The van der Waals surface area contributed by atoms with Gasteiger partial charge in [-0.3, -0.25) is 4.79 Å². The van der Waals surface area contributed by atoms with Crippen LogP contribution in [0.2, 0.25) is 0 Å². The van der Waals surface area contributed by atoms with E-state index in [-0.39, 0.29) is 24.2 Å². The summed E-state index contributed by atoms with van der Waals surface area (Å²) in [5.41, 5.74) is 4.16. The smallest absolute Gasteiger partial charge is 0.338 e. The summed E-state index contributed by atoms with van der Waals surface area (Å²) in [7, 11) is 3.91. The first-order valence-electron chi connectivity index (χ1n) is 13.6. The summed E-state index contributed by atoms with van der Waals surface area (Å²) >= 11 is 0. The van der Waals surface area contributed by atoms with E-state index in [0.29, 0.717) is 52.2 Å². The average Bonchev–Trinajstić information content (AvgIpc) is 3.64. The number of aromatic nitrogens is 1. The molecule has 0 atom stereocenters. The molecule has 0 aliphatic carbocycles. The van der Waals surface area contributed by atoms with E-state index in [2.05, 4.69) is 4.98 Å². The number of amides is 1. The van der Waals surface area contributed by atoms with Crippen LogP contribution in [0.5, 0.6) is 5.88 Å². The minimum Gasteiger partial charge on any atom is -0.494 e. The molecule has 0 bridgehead atoms. The molecule has 0 unspecified atom stereocenters. The third-order valence-corrected chi connectivity index (χ3v) is 6.72. The Hall–Kier alpha value is -5.15. The summed E-state index contributed by atoms with van der Waals surface area (Å²) in [4.78, 5) is 37.1. The van der Waals surface area contributed by atoms with Crippen molar-refractivity contribution in [2.24, 2.45) is 4.99 Å². The summed E-state index contributed by atoms with van der Waals surface area (Å²) < 4.78 is 10.5. The Bertz CT molecular complexity index is 1710. The van der Waals surface area contributed by atoms with Gasteiger partial charge in [-0.05, 0) is 69.6 Å². The lowest BCUT2D eigenvalue weighted by Gasteiger charge is -2.23. The van der Waals surface area contributed by atoms with E-state index >= 15 is 0 Å². The summed E-state index contributed by atoms with van der Waals surface area (Å²) in [5.74, 6) is -0.460. The first kappa shape index (κ1) is 28.4. The van der Waals surface area contributed by atoms with Crippen molar-refractivity contribution in [1.82, 2.24) is 9.88 Å². The Morgan fingerprint density at radius 2 is 1.69 bits per heavy atom. The molecule has 0 saturated heterocycles. The van der Waals surface area contributed by atoms with Crippen LogP contribution in [0.15, 0.2) is 101 Å². The fraction of sp³-hybridized carbons (Fsp3) is 0.182. The largest absolute Gasteiger partial charge is 0.494 e. The van der Waals surface area contributed by atoms with Gasteiger partial charge in [-0.1, -0.05) is 36.4 Å². The predicted octanol–water partition coefficient (Wildman–Crippen LogP) is 6.02. The summed E-state index contributed by atoms with van der Waals surface area (Å²) in [6.45, 7) is 3.16. The monoisotopic (exact) mass is 564 g/mol. The van der Waals surface area contributed by atoms with E-state index in [1.54, 1.807) is 42.2 Å². The van der Waals surface area contributed by atoms with Gasteiger partial charge < -0.3 is 29.0 Å². The van der Waals surface area contributed by atoms with Crippen LogP contribution in [0.1, 0.15) is 39.0 Å². The zero-order valence-corrected chi connectivity index (χ0v) is 23.7. The van der Waals surface area contributed by atoms with Crippen molar-refractivity contribution in [1.29, 1.82) is 0 Å². The predicted molar refractivity (Wildman–Crippen MR) is 163 cm³/mol. The standard InChI is InChI=1S/C33H32N4O5/c1-4-41-33(40)23-12-17-26-27(21-23)35-31(38)29(26)30(22-9-6-5-7-10-22)34-24-13-15-25(16-14-24)37(19-18-36(2)3)32(39)28-11-8-20-42-28/h5-17,20-21,35,38H,4,18-19H2,1-3H3. The van der Waals surface area contributed by atoms with Crippen molar-refractivity contribution in [3.05, 3.63) is 114 Å². The number of aliphatic imine (C=N–C) groups is 1. The molecule has 0 aliphatic heterocycles. The molecule has 2 aromatic heterocycles. The molecule has 2 heterocycles. The van der Waals surface area contributed by atoms with Crippen molar-refractivity contribution in [2.75, 3.05) is 38.7 Å². The molecule has 0 fully saturated rings. The molecule has 214 valence electrons. The maximum Gasteiger partial charge on any atom is 0.338 e. The maximum atomic E-state index is 13.2. The van der Waals surface area contributed by atoms with E-state index in [9.17, 15) is 14.7 Å². The highest BCUT2D eigenvalue weighted by Gasteiger charge is 2.22. The maximum absolute atomic E-state index is 13.2. The molecule has 3 aromatic carbocycles. The highest BCUT2D eigenvalue weighted by atomic mass is 16.5. The number of likely N-dealkylation sites (N-methyl/N-ethyl adjacent to an activating group) is 1. The number of anilines is 1. The van der Waals surface area contributed by atoms with Crippen molar-refractivity contribution in [2.45, 2.75) is 6.92 Å². The number of carbonyl (C=O) groups excluding carboxylic acids is 2. The molecule has 9 heteroatoms. The summed E-state index contributed by atoms with van der Waals surface area (Å²) in [6.07, 6.45) is 1.48. The zero-order valence-electron chi connectivity index (χ0n) is 23.7. The second-order valence-electron chi connectivity index (χ2n) is 9.91. The second-order valence-corrected chi connectivity index (χ2v) is 9.91. The number of hydrogen-bond donors (Lipinski definition) is 2. The normalized spacial score (nSPS) is 11.7. The molecule has 2 N–H and O–H groups in total. The van der Waals surface area contributed by atoms with Crippen LogP contribution in [-0.4, -0.2) is 66.4 Å². The number of ether oxygens (including phenoxy) is 1. The lowest BCUT2D eigenvalue weighted by atomic mass is 10.00. The van der Waals surface area contributed by atoms with E-state index in [1.807, 2.05) is 73.6 Å². The van der Waals surface area contributed by atoms with Gasteiger partial charge in [-0.25, -0.2) is 9.79 Å². The topological polar surface area (TPSA) is 111 Å². The number of aromatic amines is 1. The molecule has 42 heavy (non-hydrogen) atoms. The minimum atomic E-state index is -0.433. The van der Waals surface area contributed by atoms with Crippen molar-refractivity contribution in [3.8, 4) is 5.88 Å². The van der Waals surface area contributed by atoms with Crippen molar-refractivity contribution in [3.63, 3.8) is 0 Å². The Balaban J connectivity index is 1.54. The van der Waals surface area contributed by atoms with Crippen LogP contribution >= 0.6 is 0 Å². The Labute approximate surface area is 243 Å². The fourth-order valence-corrected chi connectivity index (χ4v) is 4.64. The second kappa shape index (κ2) is 12.6. The van der Waals surface area contributed by atoms with Gasteiger partial charge >= 0.3 is 5.97 Å². The molecular weight excluding hydrogens is 532 g/mol. The quantitative estimate of drug-likeness (QED) is 0.159. The van der Waals surface area contributed by atoms with E-state index in [4.69, 9.17) is 14.1 Å². The number of nitrogens with zero attached hydrogens (tertiary/aromatic N) is 3. The number of esters is 1. The molecule has 0 saturated carbocycles. The average molecular weight is 565 g/mol. The van der Waals surface area contributed by atoms with Gasteiger partial charge in [0.2, 0.25) is 0 Å². The number of nitrogens with one attached hydrogen (secondary N) is 1. The van der Waals surface area contributed by atoms with Gasteiger partial charge in [0, 0.05) is 35.2 Å². The van der Waals surface area contributed by atoms with Crippen LogP contribution in [0.3, 0.4) is 0 Å². The molecule has 0 aliphatic rings. The van der Waals surface area contributed by atoms with E-state index < -0.39 is 5.97 Å². The fourth-order valence-electron chi connectivity index (χ4n) is 4.64. The first-order chi connectivity index (χ1) is 20.4. The molecule has 9 nitrogen and oxygen atoms in total. The number of carbonyl (C=O) groups is 2. The highest BCUT2D eigenvalue weighted by molar-refractivity contribution is 6.22.